The molecule has 0 spiro atoms. The minimum Gasteiger partial charge on any atom is -0.448 e. The molecule has 0 aliphatic heterocycles. The molecule has 5 nitrogen and oxygen atoms in total. The molecule has 0 aliphatic rings. The van der Waals surface area contributed by atoms with Gasteiger partial charge >= 0.3 is 5.97 Å². The lowest BCUT2D eigenvalue weighted by Gasteiger charge is -2.16. The molecule has 27 heavy (non-hydrogen) atoms. The number of rotatable bonds is 6. The third kappa shape index (κ3) is 4.70. The fourth-order valence-electron chi connectivity index (χ4n) is 2.75. The first-order chi connectivity index (χ1) is 13.0. The molecule has 2 aromatic carbocycles. The van der Waals surface area contributed by atoms with E-state index in [-0.39, 0.29) is 17.5 Å². The molecular formula is C22H22N2O3. The summed E-state index contributed by atoms with van der Waals surface area (Å²) >= 11 is 0. The second-order valence-electron chi connectivity index (χ2n) is 6.49. The van der Waals surface area contributed by atoms with Crippen molar-refractivity contribution in [3.8, 4) is 0 Å². The average molecular weight is 362 g/mol. The monoisotopic (exact) mass is 362 g/mol. The lowest BCUT2D eigenvalue weighted by Crippen LogP contribution is -2.37. The maximum absolute atomic E-state index is 12.3. The first kappa shape index (κ1) is 18.6. The number of esters is 1. The molecule has 0 saturated carbocycles. The molecule has 1 heterocycles. The van der Waals surface area contributed by atoms with Crippen LogP contribution in [-0.2, 0) is 9.53 Å². The van der Waals surface area contributed by atoms with E-state index in [0.717, 1.165) is 10.9 Å². The highest BCUT2D eigenvalue weighted by molar-refractivity contribution is 5.93. The van der Waals surface area contributed by atoms with Crippen molar-refractivity contribution in [1.82, 2.24) is 10.3 Å². The Morgan fingerprint density at radius 2 is 1.67 bits per heavy atom. The lowest BCUT2D eigenvalue weighted by molar-refractivity contribution is -0.129. The van der Waals surface area contributed by atoms with Gasteiger partial charge in [-0.1, -0.05) is 61.5 Å². The molecular weight excluding hydrogens is 340 g/mol. The molecule has 138 valence electrons. The number of ether oxygens (including phenoxy) is 1. The quantitative estimate of drug-likeness (QED) is 0.679. The van der Waals surface area contributed by atoms with E-state index in [4.69, 9.17) is 4.74 Å². The van der Waals surface area contributed by atoms with Crippen molar-refractivity contribution < 1.29 is 14.3 Å². The van der Waals surface area contributed by atoms with Crippen LogP contribution in [0.15, 0.2) is 66.7 Å². The van der Waals surface area contributed by atoms with Gasteiger partial charge in [-0.05, 0) is 30.5 Å². The Kier molecular flexibility index (Phi) is 5.81. The maximum Gasteiger partial charge on any atom is 0.357 e. The normalized spacial score (nSPS) is 13.0. The van der Waals surface area contributed by atoms with E-state index >= 15 is 0 Å². The predicted molar refractivity (Wildman–Crippen MR) is 104 cm³/mol. The van der Waals surface area contributed by atoms with Crippen molar-refractivity contribution in [3.63, 3.8) is 0 Å². The van der Waals surface area contributed by atoms with Gasteiger partial charge in [-0.2, -0.15) is 0 Å². The van der Waals surface area contributed by atoms with E-state index in [1.807, 2.05) is 67.6 Å². The number of hydrogen-bond donors (Lipinski definition) is 1. The van der Waals surface area contributed by atoms with Crippen LogP contribution in [0.4, 0.5) is 0 Å². The lowest BCUT2D eigenvalue weighted by atomic mass is 10.0. The summed E-state index contributed by atoms with van der Waals surface area (Å²) in [6, 6.07) is 20.9. The van der Waals surface area contributed by atoms with Gasteiger partial charge in [-0.25, -0.2) is 9.78 Å². The Morgan fingerprint density at radius 3 is 2.44 bits per heavy atom. The van der Waals surface area contributed by atoms with Gasteiger partial charge < -0.3 is 10.1 Å². The van der Waals surface area contributed by atoms with Crippen LogP contribution in [-0.4, -0.2) is 29.5 Å². The summed E-state index contributed by atoms with van der Waals surface area (Å²) in [5.41, 5.74) is 2.04. The van der Waals surface area contributed by atoms with Crippen LogP contribution < -0.4 is 5.32 Å². The highest BCUT2D eigenvalue weighted by atomic mass is 16.5. The van der Waals surface area contributed by atoms with Crippen molar-refractivity contribution in [1.29, 1.82) is 0 Å². The van der Waals surface area contributed by atoms with Crippen molar-refractivity contribution >= 4 is 22.8 Å². The predicted octanol–water partition coefficient (Wildman–Crippen LogP) is 3.70. The molecule has 0 aliphatic carbocycles. The highest BCUT2D eigenvalue weighted by Gasteiger charge is 2.20. The number of nitrogens with one attached hydrogen (secondary N) is 1. The molecule has 3 rings (SSSR count). The van der Waals surface area contributed by atoms with Crippen molar-refractivity contribution in [2.75, 3.05) is 6.54 Å². The second-order valence-corrected chi connectivity index (χ2v) is 6.49. The number of pyridine rings is 1. The Labute approximate surface area is 158 Å². The average Bonchev–Trinajstić information content (AvgIpc) is 2.71. The second kappa shape index (κ2) is 8.45. The molecule has 3 aromatic rings. The number of carbonyl (C=O) groups excluding carboxylic acids is 2. The Morgan fingerprint density at radius 1 is 0.963 bits per heavy atom. The van der Waals surface area contributed by atoms with Gasteiger partial charge in [0.2, 0.25) is 0 Å². The fourth-order valence-corrected chi connectivity index (χ4v) is 2.75. The molecule has 5 heteroatoms. The van der Waals surface area contributed by atoms with Gasteiger partial charge in [0.15, 0.2) is 6.10 Å². The molecule has 0 radical (unpaired) electrons. The summed E-state index contributed by atoms with van der Waals surface area (Å²) in [6.07, 6.45) is -0.895. The number of nitrogens with zero attached hydrogens (tertiary/aromatic N) is 1. The van der Waals surface area contributed by atoms with Crippen LogP contribution in [0.2, 0.25) is 0 Å². The zero-order chi connectivity index (χ0) is 19.2. The zero-order valence-corrected chi connectivity index (χ0v) is 15.4. The van der Waals surface area contributed by atoms with Gasteiger partial charge in [0, 0.05) is 11.9 Å². The summed E-state index contributed by atoms with van der Waals surface area (Å²) in [6.45, 7) is 4.06. The Balaban J connectivity index is 1.56. The Hall–Kier alpha value is -3.21. The van der Waals surface area contributed by atoms with Crippen LogP contribution in [0.5, 0.6) is 0 Å². The standard InChI is InChI=1S/C22H22N2O3/c1-15(17-8-4-3-5-9-17)14-23-21(25)16(2)27-22(26)20-13-12-18-10-6-7-11-19(18)24-20/h3-13,15-16H,14H2,1-2H3,(H,23,25)/t15-,16+/m0/s1. The van der Waals surface area contributed by atoms with E-state index < -0.39 is 12.1 Å². The van der Waals surface area contributed by atoms with Crippen LogP contribution in [0.1, 0.15) is 35.8 Å². The van der Waals surface area contributed by atoms with E-state index in [1.54, 1.807) is 13.0 Å². The Bertz CT molecular complexity index is 940. The van der Waals surface area contributed by atoms with E-state index in [0.29, 0.717) is 12.1 Å². The molecule has 0 saturated heterocycles. The van der Waals surface area contributed by atoms with Crippen LogP contribution in [0, 0.1) is 0 Å². The van der Waals surface area contributed by atoms with Crippen molar-refractivity contribution in [2.45, 2.75) is 25.9 Å². The molecule has 2 atom stereocenters. The third-order valence-corrected chi connectivity index (χ3v) is 4.41. The van der Waals surface area contributed by atoms with Crippen molar-refractivity contribution in [3.05, 3.63) is 78.0 Å². The molecule has 1 amide bonds. The summed E-state index contributed by atoms with van der Waals surface area (Å²) in [7, 11) is 0. The van der Waals surface area contributed by atoms with Crippen LogP contribution >= 0.6 is 0 Å². The van der Waals surface area contributed by atoms with Gasteiger partial charge in [-0.15, -0.1) is 0 Å². The van der Waals surface area contributed by atoms with Crippen LogP contribution in [0.3, 0.4) is 0 Å². The third-order valence-electron chi connectivity index (χ3n) is 4.41. The summed E-state index contributed by atoms with van der Waals surface area (Å²) < 4.78 is 5.27. The number of fused-ring (bicyclic) bond motifs is 1. The van der Waals surface area contributed by atoms with E-state index in [2.05, 4.69) is 10.3 Å². The van der Waals surface area contributed by atoms with Gasteiger partial charge in [0.1, 0.15) is 5.69 Å². The molecule has 0 bridgehead atoms. The van der Waals surface area contributed by atoms with Gasteiger partial charge in [0.25, 0.3) is 5.91 Å². The number of benzene rings is 2. The number of carbonyl (C=O) groups is 2. The first-order valence-corrected chi connectivity index (χ1v) is 8.94. The number of amides is 1. The first-order valence-electron chi connectivity index (χ1n) is 8.94. The summed E-state index contributed by atoms with van der Waals surface area (Å²) in [5, 5.41) is 3.77. The summed E-state index contributed by atoms with van der Waals surface area (Å²) in [4.78, 5) is 28.8. The van der Waals surface area contributed by atoms with Crippen LogP contribution in [0.25, 0.3) is 10.9 Å². The zero-order valence-electron chi connectivity index (χ0n) is 15.4. The largest absolute Gasteiger partial charge is 0.448 e. The number of para-hydroxylation sites is 1. The van der Waals surface area contributed by atoms with Gasteiger partial charge in [0.05, 0.1) is 5.52 Å². The highest BCUT2D eigenvalue weighted by Crippen LogP contribution is 2.14. The number of aromatic nitrogens is 1. The molecule has 1 N–H and O–H groups in total. The molecule has 0 fully saturated rings. The smallest absolute Gasteiger partial charge is 0.357 e. The minimum atomic E-state index is -0.895. The van der Waals surface area contributed by atoms with E-state index in [9.17, 15) is 9.59 Å². The summed E-state index contributed by atoms with van der Waals surface area (Å²) in [5.74, 6) is -0.772. The fraction of sp³-hybridized carbons (Fsp3) is 0.227. The minimum absolute atomic E-state index is 0.167. The topological polar surface area (TPSA) is 68.3 Å². The number of hydrogen-bond acceptors (Lipinski definition) is 4. The van der Waals surface area contributed by atoms with E-state index in [1.165, 1.54) is 0 Å². The van der Waals surface area contributed by atoms with Gasteiger partial charge in [-0.3, -0.25) is 4.79 Å². The SMILES string of the molecule is C[C@@H](OC(=O)c1ccc2ccccc2n1)C(=O)NC[C@H](C)c1ccccc1. The molecule has 0 unspecified atom stereocenters. The molecule has 1 aromatic heterocycles. The maximum atomic E-state index is 12.3. The van der Waals surface area contributed by atoms with Crippen molar-refractivity contribution in [2.24, 2.45) is 0 Å².